The van der Waals surface area contributed by atoms with Crippen LogP contribution in [0.5, 0.6) is 0 Å². The fourth-order valence-corrected chi connectivity index (χ4v) is 2.83. The van der Waals surface area contributed by atoms with Crippen LogP contribution in [-0.4, -0.2) is 20.2 Å². The number of rotatable bonds is 2. The minimum absolute atomic E-state index is 0.277. The molecule has 0 spiro atoms. The molecule has 0 saturated heterocycles. The lowest BCUT2D eigenvalue weighted by molar-refractivity contribution is 0.272. The Morgan fingerprint density at radius 3 is 2.75 bits per heavy atom. The first-order valence-electron chi connectivity index (χ1n) is 6.98. The molecule has 1 aliphatic carbocycles. The van der Waals surface area contributed by atoms with Gasteiger partial charge >= 0.3 is 0 Å². The summed E-state index contributed by atoms with van der Waals surface area (Å²) in [5.41, 5.74) is 6.98. The van der Waals surface area contributed by atoms with E-state index in [0.29, 0.717) is 17.1 Å². The fourth-order valence-electron chi connectivity index (χ4n) is 2.83. The summed E-state index contributed by atoms with van der Waals surface area (Å²) >= 11 is 0. The highest BCUT2D eigenvalue weighted by Gasteiger charge is 2.24. The quantitative estimate of drug-likeness (QED) is 0.856. The Hall–Kier alpha value is -1.98. The lowest BCUT2D eigenvalue weighted by Crippen LogP contribution is -2.19. The van der Waals surface area contributed by atoms with Crippen molar-refractivity contribution in [1.29, 1.82) is 0 Å². The average molecular weight is 275 g/mol. The van der Waals surface area contributed by atoms with Crippen molar-refractivity contribution in [2.75, 3.05) is 5.73 Å². The highest BCUT2D eigenvalue weighted by molar-refractivity contribution is 5.71. The SMILES string of the molecule is CC1CCC(n2nnnc2-c2cc(F)ccc2N)CC1. The number of nitrogens with zero attached hydrogens (tertiary/aromatic N) is 4. The Balaban J connectivity index is 1.96. The van der Waals surface area contributed by atoms with E-state index in [4.69, 9.17) is 5.73 Å². The summed E-state index contributed by atoms with van der Waals surface area (Å²) in [5, 5.41) is 11.9. The third-order valence-corrected chi connectivity index (χ3v) is 4.08. The van der Waals surface area contributed by atoms with Gasteiger partial charge in [-0.1, -0.05) is 6.92 Å². The molecule has 3 rings (SSSR count). The molecule has 1 aromatic heterocycles. The second-order valence-corrected chi connectivity index (χ2v) is 5.59. The van der Waals surface area contributed by atoms with Crippen molar-refractivity contribution in [2.45, 2.75) is 38.6 Å². The molecule has 2 N–H and O–H groups in total. The van der Waals surface area contributed by atoms with Crippen molar-refractivity contribution in [3.05, 3.63) is 24.0 Å². The van der Waals surface area contributed by atoms with Gasteiger partial charge in [0.15, 0.2) is 5.82 Å². The Morgan fingerprint density at radius 2 is 2.00 bits per heavy atom. The van der Waals surface area contributed by atoms with Crippen molar-refractivity contribution in [2.24, 2.45) is 5.92 Å². The Kier molecular flexibility index (Phi) is 3.38. The third kappa shape index (κ3) is 2.37. The number of tetrazole rings is 1. The molecule has 6 heteroatoms. The fraction of sp³-hybridized carbons (Fsp3) is 0.500. The molecule has 106 valence electrons. The zero-order valence-corrected chi connectivity index (χ0v) is 11.5. The van der Waals surface area contributed by atoms with Gasteiger partial charge in [-0.15, -0.1) is 5.10 Å². The van der Waals surface area contributed by atoms with E-state index in [9.17, 15) is 4.39 Å². The van der Waals surface area contributed by atoms with Gasteiger partial charge in [-0.3, -0.25) is 0 Å². The van der Waals surface area contributed by atoms with Gasteiger partial charge in [-0.05, 0) is 60.2 Å². The molecule has 0 unspecified atom stereocenters. The first kappa shape index (κ1) is 13.0. The number of nitrogens with two attached hydrogens (primary N) is 1. The van der Waals surface area contributed by atoms with Gasteiger partial charge in [-0.25, -0.2) is 9.07 Å². The summed E-state index contributed by atoms with van der Waals surface area (Å²) in [7, 11) is 0. The van der Waals surface area contributed by atoms with Crippen LogP contribution in [0.2, 0.25) is 0 Å². The van der Waals surface area contributed by atoms with E-state index in [2.05, 4.69) is 22.4 Å². The van der Waals surface area contributed by atoms with Crippen LogP contribution in [0.15, 0.2) is 18.2 Å². The molecule has 0 radical (unpaired) electrons. The van der Waals surface area contributed by atoms with E-state index in [1.54, 1.807) is 10.7 Å². The molecule has 0 aliphatic heterocycles. The van der Waals surface area contributed by atoms with Gasteiger partial charge in [0.1, 0.15) is 5.82 Å². The lowest BCUT2D eigenvalue weighted by atomic mass is 9.87. The summed E-state index contributed by atoms with van der Waals surface area (Å²) in [6.45, 7) is 2.27. The lowest BCUT2D eigenvalue weighted by Gasteiger charge is -2.26. The van der Waals surface area contributed by atoms with Crippen LogP contribution < -0.4 is 5.73 Å². The molecule has 5 nitrogen and oxygen atoms in total. The molecular weight excluding hydrogens is 257 g/mol. The molecule has 0 atom stereocenters. The Labute approximate surface area is 117 Å². The average Bonchev–Trinajstić information content (AvgIpc) is 2.91. The Morgan fingerprint density at radius 1 is 1.25 bits per heavy atom. The van der Waals surface area contributed by atoms with Crippen molar-refractivity contribution >= 4 is 5.69 Å². The highest BCUT2D eigenvalue weighted by atomic mass is 19.1. The van der Waals surface area contributed by atoms with Crippen LogP contribution in [0, 0.1) is 11.7 Å². The van der Waals surface area contributed by atoms with Crippen LogP contribution >= 0.6 is 0 Å². The van der Waals surface area contributed by atoms with Crippen LogP contribution in [-0.2, 0) is 0 Å². The normalized spacial score (nSPS) is 22.9. The number of halogens is 1. The smallest absolute Gasteiger partial charge is 0.184 e. The number of aromatic nitrogens is 4. The molecule has 20 heavy (non-hydrogen) atoms. The zero-order valence-electron chi connectivity index (χ0n) is 11.5. The molecular formula is C14H18FN5. The molecule has 1 saturated carbocycles. The molecule has 2 aromatic rings. The van der Waals surface area contributed by atoms with Gasteiger partial charge in [0.25, 0.3) is 0 Å². The van der Waals surface area contributed by atoms with E-state index in [1.807, 2.05) is 0 Å². The van der Waals surface area contributed by atoms with Crippen molar-refractivity contribution in [3.63, 3.8) is 0 Å². The van der Waals surface area contributed by atoms with E-state index >= 15 is 0 Å². The van der Waals surface area contributed by atoms with Gasteiger partial charge in [-0.2, -0.15) is 0 Å². The predicted octanol–water partition coefficient (Wildman–Crippen LogP) is 2.81. The molecule has 1 fully saturated rings. The number of anilines is 1. The summed E-state index contributed by atoms with van der Waals surface area (Å²) in [5.74, 6) is 0.980. The largest absolute Gasteiger partial charge is 0.398 e. The standard InChI is InChI=1S/C14H18FN5/c1-9-2-5-11(6-3-9)20-14(17-18-19-20)12-8-10(15)4-7-13(12)16/h4,7-9,11H,2-3,5-6,16H2,1H3. The summed E-state index contributed by atoms with van der Waals surface area (Å²) in [6.07, 6.45) is 4.44. The maximum Gasteiger partial charge on any atom is 0.184 e. The minimum atomic E-state index is -0.332. The van der Waals surface area contributed by atoms with Crippen molar-refractivity contribution in [3.8, 4) is 11.4 Å². The number of hydrogen-bond acceptors (Lipinski definition) is 4. The summed E-state index contributed by atoms with van der Waals surface area (Å²) in [4.78, 5) is 0. The molecule has 0 amide bonds. The minimum Gasteiger partial charge on any atom is -0.398 e. The number of benzene rings is 1. The Bertz CT molecular complexity index is 601. The molecule has 1 aliphatic rings. The second kappa shape index (κ2) is 5.19. The molecule has 1 aromatic carbocycles. The van der Waals surface area contributed by atoms with Gasteiger partial charge in [0, 0.05) is 11.3 Å². The molecule has 1 heterocycles. The van der Waals surface area contributed by atoms with Gasteiger partial charge < -0.3 is 5.73 Å². The van der Waals surface area contributed by atoms with Crippen LogP contribution in [0.25, 0.3) is 11.4 Å². The van der Waals surface area contributed by atoms with E-state index in [-0.39, 0.29) is 11.9 Å². The van der Waals surface area contributed by atoms with E-state index in [0.717, 1.165) is 18.8 Å². The number of hydrogen-bond donors (Lipinski definition) is 1. The van der Waals surface area contributed by atoms with E-state index in [1.165, 1.54) is 25.0 Å². The number of nitrogen functional groups attached to an aromatic ring is 1. The van der Waals surface area contributed by atoms with Gasteiger partial charge in [0.2, 0.25) is 0 Å². The third-order valence-electron chi connectivity index (χ3n) is 4.08. The topological polar surface area (TPSA) is 69.6 Å². The predicted molar refractivity (Wildman–Crippen MR) is 74.3 cm³/mol. The van der Waals surface area contributed by atoms with E-state index < -0.39 is 0 Å². The highest BCUT2D eigenvalue weighted by Crippen LogP contribution is 2.34. The second-order valence-electron chi connectivity index (χ2n) is 5.59. The summed E-state index contributed by atoms with van der Waals surface area (Å²) in [6, 6.07) is 4.56. The van der Waals surface area contributed by atoms with Crippen LogP contribution in [0.4, 0.5) is 10.1 Å². The van der Waals surface area contributed by atoms with Crippen LogP contribution in [0.1, 0.15) is 38.6 Å². The van der Waals surface area contributed by atoms with Crippen LogP contribution in [0.3, 0.4) is 0 Å². The molecule has 0 bridgehead atoms. The zero-order chi connectivity index (χ0) is 14.1. The van der Waals surface area contributed by atoms with Crippen molar-refractivity contribution < 1.29 is 4.39 Å². The maximum absolute atomic E-state index is 13.4. The monoisotopic (exact) mass is 275 g/mol. The van der Waals surface area contributed by atoms with Crippen molar-refractivity contribution in [1.82, 2.24) is 20.2 Å². The first-order chi connectivity index (χ1) is 9.65. The first-order valence-corrected chi connectivity index (χ1v) is 6.98. The maximum atomic E-state index is 13.4. The summed E-state index contributed by atoms with van der Waals surface area (Å²) < 4.78 is 15.2. The van der Waals surface area contributed by atoms with Gasteiger partial charge in [0.05, 0.1) is 6.04 Å².